The van der Waals surface area contributed by atoms with E-state index in [0.29, 0.717) is 0 Å². The lowest BCUT2D eigenvalue weighted by Crippen LogP contribution is -2.55. The molecule has 2 saturated carbocycles. The summed E-state index contributed by atoms with van der Waals surface area (Å²) >= 11 is 0. The van der Waals surface area contributed by atoms with Crippen molar-refractivity contribution in [3.8, 4) is 0 Å². The van der Waals surface area contributed by atoms with Crippen LogP contribution in [0.5, 0.6) is 0 Å². The van der Waals surface area contributed by atoms with E-state index in [2.05, 4.69) is 43.1 Å². The van der Waals surface area contributed by atoms with Crippen molar-refractivity contribution in [3.05, 3.63) is 35.4 Å². The van der Waals surface area contributed by atoms with Crippen molar-refractivity contribution in [1.82, 2.24) is 4.90 Å². The van der Waals surface area contributed by atoms with Crippen molar-refractivity contribution >= 4 is 0 Å². The number of nitrogens with zero attached hydrogens (tertiary/aromatic N) is 1. The Bertz CT molecular complexity index is 439. The van der Waals surface area contributed by atoms with Gasteiger partial charge in [-0.1, -0.05) is 36.2 Å². The van der Waals surface area contributed by atoms with Crippen LogP contribution in [0.25, 0.3) is 0 Å². The van der Waals surface area contributed by atoms with Gasteiger partial charge in [-0.2, -0.15) is 0 Å². The smallest absolute Gasteiger partial charge is 0.0363 e. The lowest BCUT2D eigenvalue weighted by molar-refractivity contribution is 0.0591. The van der Waals surface area contributed by atoms with E-state index < -0.39 is 0 Å². The maximum atomic E-state index is 6.19. The first-order valence-electron chi connectivity index (χ1n) is 7.61. The first-order chi connectivity index (χ1) is 9.14. The van der Waals surface area contributed by atoms with Crippen LogP contribution in [0.4, 0.5) is 0 Å². The van der Waals surface area contributed by atoms with E-state index in [1.807, 2.05) is 0 Å². The molecular weight excluding hydrogens is 232 g/mol. The number of fused-ring (bicyclic) bond motifs is 2. The molecular formula is C17H26N2. The molecule has 2 nitrogen and oxygen atoms in total. The van der Waals surface area contributed by atoms with Gasteiger partial charge in [-0.15, -0.1) is 0 Å². The number of likely N-dealkylation sites (N-methyl/N-ethyl adjacent to an activating group) is 1. The average Bonchev–Trinajstić information content (AvgIpc) is 3.02. The Morgan fingerprint density at radius 2 is 2.00 bits per heavy atom. The highest BCUT2D eigenvalue weighted by molar-refractivity contribution is 5.22. The third-order valence-corrected chi connectivity index (χ3v) is 5.60. The SMILES string of the molecule is Cc1ccc(CN(C)C2(CN)CC3CCC2C3)cc1. The Kier molecular flexibility index (Phi) is 3.40. The molecule has 0 heterocycles. The summed E-state index contributed by atoms with van der Waals surface area (Å²) in [6.45, 7) is 3.99. The van der Waals surface area contributed by atoms with E-state index in [1.54, 1.807) is 0 Å². The normalized spacial score (nSPS) is 33.3. The zero-order valence-corrected chi connectivity index (χ0v) is 12.2. The lowest BCUT2D eigenvalue weighted by atomic mass is 9.79. The van der Waals surface area contributed by atoms with Crippen LogP contribution in [0.2, 0.25) is 0 Å². The first-order valence-corrected chi connectivity index (χ1v) is 7.61. The second-order valence-electron chi connectivity index (χ2n) is 6.73. The summed E-state index contributed by atoms with van der Waals surface area (Å²) in [5, 5.41) is 0. The largest absolute Gasteiger partial charge is 0.329 e. The Morgan fingerprint density at radius 1 is 1.26 bits per heavy atom. The third kappa shape index (κ3) is 2.21. The number of aryl methyl sites for hydroxylation is 1. The van der Waals surface area contributed by atoms with Crippen LogP contribution in [-0.2, 0) is 6.54 Å². The summed E-state index contributed by atoms with van der Waals surface area (Å²) in [6.07, 6.45) is 5.55. The highest BCUT2D eigenvalue weighted by atomic mass is 15.2. The maximum Gasteiger partial charge on any atom is 0.0363 e. The van der Waals surface area contributed by atoms with E-state index in [9.17, 15) is 0 Å². The fraction of sp³-hybridized carbons (Fsp3) is 0.647. The van der Waals surface area contributed by atoms with Gasteiger partial charge in [0, 0.05) is 18.6 Å². The van der Waals surface area contributed by atoms with Gasteiger partial charge >= 0.3 is 0 Å². The van der Waals surface area contributed by atoms with E-state index in [4.69, 9.17) is 5.73 Å². The molecule has 2 aliphatic rings. The molecule has 0 radical (unpaired) electrons. The molecule has 2 heteroatoms. The minimum Gasteiger partial charge on any atom is -0.329 e. The van der Waals surface area contributed by atoms with Gasteiger partial charge in [0.15, 0.2) is 0 Å². The summed E-state index contributed by atoms with van der Waals surface area (Å²) in [5.41, 5.74) is 9.20. The van der Waals surface area contributed by atoms with Gasteiger partial charge in [-0.25, -0.2) is 0 Å². The van der Waals surface area contributed by atoms with Crippen LogP contribution in [0.15, 0.2) is 24.3 Å². The monoisotopic (exact) mass is 258 g/mol. The van der Waals surface area contributed by atoms with Gasteiger partial charge in [0.2, 0.25) is 0 Å². The van der Waals surface area contributed by atoms with Gasteiger partial charge in [0.1, 0.15) is 0 Å². The predicted molar refractivity (Wildman–Crippen MR) is 79.9 cm³/mol. The van der Waals surface area contributed by atoms with Crippen LogP contribution in [0.1, 0.15) is 36.8 Å². The Labute approximate surface area is 117 Å². The fourth-order valence-corrected chi connectivity index (χ4v) is 4.41. The van der Waals surface area contributed by atoms with Crippen LogP contribution in [-0.4, -0.2) is 24.0 Å². The minimum absolute atomic E-state index is 0.272. The summed E-state index contributed by atoms with van der Waals surface area (Å²) in [4.78, 5) is 2.54. The first kappa shape index (κ1) is 13.1. The van der Waals surface area contributed by atoms with Crippen molar-refractivity contribution in [2.75, 3.05) is 13.6 Å². The molecule has 2 aliphatic carbocycles. The van der Waals surface area contributed by atoms with Gasteiger partial charge in [-0.05, 0) is 50.6 Å². The van der Waals surface area contributed by atoms with Crippen LogP contribution < -0.4 is 5.73 Å². The fourth-order valence-electron chi connectivity index (χ4n) is 4.41. The van der Waals surface area contributed by atoms with Gasteiger partial charge < -0.3 is 5.73 Å². The molecule has 0 aromatic heterocycles. The number of rotatable bonds is 4. The number of nitrogens with two attached hydrogens (primary N) is 1. The molecule has 3 atom stereocenters. The summed E-state index contributed by atoms with van der Waals surface area (Å²) < 4.78 is 0. The molecule has 0 saturated heterocycles. The van der Waals surface area contributed by atoms with Crippen molar-refractivity contribution in [2.45, 2.75) is 44.7 Å². The molecule has 2 fully saturated rings. The Morgan fingerprint density at radius 3 is 2.53 bits per heavy atom. The predicted octanol–water partition coefficient (Wildman–Crippen LogP) is 2.94. The van der Waals surface area contributed by atoms with E-state index >= 15 is 0 Å². The van der Waals surface area contributed by atoms with Crippen molar-refractivity contribution in [3.63, 3.8) is 0 Å². The molecule has 0 aliphatic heterocycles. The third-order valence-electron chi connectivity index (χ3n) is 5.60. The standard InChI is InChI=1S/C17H26N2/c1-13-3-5-14(6-4-13)11-19(2)17(12-18)10-15-7-8-16(17)9-15/h3-6,15-16H,7-12,18H2,1-2H3. The Hall–Kier alpha value is -0.860. The number of hydrogen-bond donors (Lipinski definition) is 1. The van der Waals surface area contributed by atoms with Crippen molar-refractivity contribution < 1.29 is 0 Å². The van der Waals surface area contributed by atoms with E-state index in [-0.39, 0.29) is 5.54 Å². The quantitative estimate of drug-likeness (QED) is 0.899. The molecule has 1 aromatic rings. The highest BCUT2D eigenvalue weighted by Crippen LogP contribution is 2.52. The highest BCUT2D eigenvalue weighted by Gasteiger charge is 2.52. The van der Waals surface area contributed by atoms with Gasteiger partial charge in [0.25, 0.3) is 0 Å². The molecule has 0 spiro atoms. The molecule has 2 N–H and O–H groups in total. The topological polar surface area (TPSA) is 29.3 Å². The zero-order chi connectivity index (χ0) is 13.5. The maximum absolute atomic E-state index is 6.19. The molecule has 0 amide bonds. The summed E-state index contributed by atoms with van der Waals surface area (Å²) in [7, 11) is 2.27. The van der Waals surface area contributed by atoms with Crippen molar-refractivity contribution in [1.29, 1.82) is 0 Å². The van der Waals surface area contributed by atoms with Crippen molar-refractivity contribution in [2.24, 2.45) is 17.6 Å². The number of hydrogen-bond acceptors (Lipinski definition) is 2. The van der Waals surface area contributed by atoms with Gasteiger partial charge in [0.05, 0.1) is 0 Å². The van der Waals surface area contributed by atoms with Gasteiger partial charge in [-0.3, -0.25) is 4.90 Å². The van der Waals surface area contributed by atoms with Crippen LogP contribution in [0.3, 0.4) is 0 Å². The molecule has 1 aromatic carbocycles. The van der Waals surface area contributed by atoms with E-state index in [0.717, 1.165) is 24.9 Å². The molecule has 3 unspecified atom stereocenters. The molecule has 19 heavy (non-hydrogen) atoms. The Balaban J connectivity index is 1.75. The second kappa shape index (κ2) is 4.92. The second-order valence-corrected chi connectivity index (χ2v) is 6.73. The van der Waals surface area contributed by atoms with Crippen LogP contribution >= 0.6 is 0 Å². The van der Waals surface area contributed by atoms with Crippen LogP contribution in [0, 0.1) is 18.8 Å². The molecule has 2 bridgehead atoms. The zero-order valence-electron chi connectivity index (χ0n) is 12.2. The molecule has 3 rings (SSSR count). The minimum atomic E-state index is 0.272. The molecule has 104 valence electrons. The summed E-state index contributed by atoms with van der Waals surface area (Å²) in [6, 6.07) is 8.92. The lowest BCUT2D eigenvalue weighted by Gasteiger charge is -2.44. The summed E-state index contributed by atoms with van der Waals surface area (Å²) in [5.74, 6) is 1.77. The number of benzene rings is 1. The van der Waals surface area contributed by atoms with E-state index in [1.165, 1.54) is 36.8 Å². The average molecular weight is 258 g/mol.